The third-order valence-electron chi connectivity index (χ3n) is 3.99. The smallest absolute Gasteiger partial charge is 0.223 e. The maximum absolute atomic E-state index is 12.2. The average molecular weight is 296 g/mol. The molecule has 1 aliphatic rings. The summed E-state index contributed by atoms with van der Waals surface area (Å²) >= 11 is 6.12. The summed E-state index contributed by atoms with van der Waals surface area (Å²) in [6, 6.07) is 7.50. The first kappa shape index (κ1) is 15.3. The second-order valence-electron chi connectivity index (χ2n) is 5.66. The van der Waals surface area contributed by atoms with Crippen molar-refractivity contribution in [3.05, 3.63) is 34.9 Å². The highest BCUT2D eigenvalue weighted by Gasteiger charge is 2.26. The van der Waals surface area contributed by atoms with Crippen molar-refractivity contribution >= 4 is 17.5 Å². The Bertz CT molecular complexity index is 464. The number of carbonyl (C=O) groups is 1. The summed E-state index contributed by atoms with van der Waals surface area (Å²) in [5.74, 6) is -0.153. The zero-order valence-electron chi connectivity index (χ0n) is 11.8. The molecule has 20 heavy (non-hydrogen) atoms. The maximum atomic E-state index is 12.2. The summed E-state index contributed by atoms with van der Waals surface area (Å²) in [5.41, 5.74) is 0.987. The number of rotatable bonds is 4. The van der Waals surface area contributed by atoms with Crippen molar-refractivity contribution < 1.29 is 9.90 Å². The van der Waals surface area contributed by atoms with Crippen LogP contribution in [0.25, 0.3) is 0 Å². The highest BCUT2D eigenvalue weighted by molar-refractivity contribution is 6.31. The van der Waals surface area contributed by atoms with Crippen molar-refractivity contribution in [3.8, 4) is 0 Å². The van der Waals surface area contributed by atoms with E-state index in [-0.39, 0.29) is 17.9 Å². The number of nitrogens with one attached hydrogen (secondary N) is 1. The van der Waals surface area contributed by atoms with E-state index in [1.165, 1.54) is 0 Å². The molecule has 0 bridgehead atoms. The summed E-state index contributed by atoms with van der Waals surface area (Å²) in [6.45, 7) is 1.90. The van der Waals surface area contributed by atoms with Crippen molar-refractivity contribution in [3.63, 3.8) is 0 Å². The first-order valence-corrected chi connectivity index (χ1v) is 7.67. The number of aliphatic hydroxyl groups is 1. The monoisotopic (exact) mass is 295 g/mol. The molecule has 1 aromatic rings. The van der Waals surface area contributed by atoms with Crippen LogP contribution in [0.4, 0.5) is 0 Å². The van der Waals surface area contributed by atoms with E-state index in [0.717, 1.165) is 31.2 Å². The maximum Gasteiger partial charge on any atom is 0.223 e. The van der Waals surface area contributed by atoms with Gasteiger partial charge in [0, 0.05) is 10.9 Å². The number of hydrogen-bond acceptors (Lipinski definition) is 2. The molecule has 0 aliphatic heterocycles. The number of benzene rings is 1. The van der Waals surface area contributed by atoms with Crippen LogP contribution in [0.1, 0.15) is 38.2 Å². The van der Waals surface area contributed by atoms with Gasteiger partial charge in [0.05, 0.1) is 12.1 Å². The second kappa shape index (κ2) is 7.09. The quantitative estimate of drug-likeness (QED) is 0.897. The van der Waals surface area contributed by atoms with Gasteiger partial charge in [0.25, 0.3) is 0 Å². The summed E-state index contributed by atoms with van der Waals surface area (Å²) in [7, 11) is 0. The van der Waals surface area contributed by atoms with Crippen LogP contribution in [0, 0.1) is 5.92 Å². The molecule has 110 valence electrons. The first-order valence-electron chi connectivity index (χ1n) is 7.29. The zero-order chi connectivity index (χ0) is 14.5. The molecule has 0 aromatic heterocycles. The molecule has 4 heteroatoms. The number of aliphatic hydroxyl groups excluding tert-OH is 1. The zero-order valence-corrected chi connectivity index (χ0v) is 12.6. The van der Waals surface area contributed by atoms with Crippen LogP contribution in [0.3, 0.4) is 0 Å². The van der Waals surface area contributed by atoms with Gasteiger partial charge in [-0.2, -0.15) is 0 Å². The lowest BCUT2D eigenvalue weighted by Crippen LogP contribution is -2.47. The second-order valence-corrected chi connectivity index (χ2v) is 6.07. The molecule has 0 spiro atoms. The van der Waals surface area contributed by atoms with E-state index in [9.17, 15) is 9.90 Å². The highest BCUT2D eigenvalue weighted by atomic mass is 35.5. The molecule has 0 saturated heterocycles. The lowest BCUT2D eigenvalue weighted by molar-refractivity contribution is -0.126. The first-order chi connectivity index (χ1) is 9.58. The summed E-state index contributed by atoms with van der Waals surface area (Å²) in [5, 5.41) is 13.6. The molecule has 1 fully saturated rings. The van der Waals surface area contributed by atoms with E-state index in [1.807, 2.05) is 31.2 Å². The van der Waals surface area contributed by atoms with Gasteiger partial charge in [-0.1, -0.05) is 49.6 Å². The lowest BCUT2D eigenvalue weighted by atomic mass is 9.91. The Morgan fingerprint density at radius 1 is 1.40 bits per heavy atom. The molecule has 3 atom stereocenters. The average Bonchev–Trinajstić information content (AvgIpc) is 2.43. The largest absolute Gasteiger partial charge is 0.391 e. The molecule has 1 aliphatic carbocycles. The highest BCUT2D eigenvalue weighted by Crippen LogP contribution is 2.21. The molecule has 1 aromatic carbocycles. The van der Waals surface area contributed by atoms with Gasteiger partial charge in [0.2, 0.25) is 5.91 Å². The molecule has 1 amide bonds. The van der Waals surface area contributed by atoms with Gasteiger partial charge >= 0.3 is 0 Å². The number of hydrogen-bond donors (Lipinski definition) is 2. The Morgan fingerprint density at radius 3 is 2.80 bits per heavy atom. The third kappa shape index (κ3) is 3.97. The van der Waals surface area contributed by atoms with E-state index in [2.05, 4.69) is 5.32 Å². The van der Waals surface area contributed by atoms with Gasteiger partial charge in [0.1, 0.15) is 0 Å². The van der Waals surface area contributed by atoms with Crippen LogP contribution in [0.15, 0.2) is 24.3 Å². The summed E-state index contributed by atoms with van der Waals surface area (Å²) in [6.07, 6.45) is 3.98. The molecule has 2 rings (SSSR count). The van der Waals surface area contributed by atoms with Crippen molar-refractivity contribution in [1.82, 2.24) is 5.32 Å². The summed E-state index contributed by atoms with van der Waals surface area (Å²) in [4.78, 5) is 12.2. The van der Waals surface area contributed by atoms with Crippen LogP contribution < -0.4 is 5.32 Å². The van der Waals surface area contributed by atoms with E-state index in [0.29, 0.717) is 11.4 Å². The molecule has 3 unspecified atom stereocenters. The predicted molar refractivity (Wildman–Crippen MR) is 80.7 cm³/mol. The van der Waals surface area contributed by atoms with E-state index in [4.69, 9.17) is 11.6 Å². The van der Waals surface area contributed by atoms with Gasteiger partial charge < -0.3 is 10.4 Å². The van der Waals surface area contributed by atoms with Gasteiger partial charge in [-0.15, -0.1) is 0 Å². The predicted octanol–water partition coefficient (Wildman–Crippen LogP) is 2.94. The van der Waals surface area contributed by atoms with Crippen molar-refractivity contribution in [1.29, 1.82) is 0 Å². The fourth-order valence-electron chi connectivity index (χ4n) is 2.69. The van der Waals surface area contributed by atoms with E-state index in [1.54, 1.807) is 0 Å². The van der Waals surface area contributed by atoms with Crippen LogP contribution >= 0.6 is 11.6 Å². The minimum absolute atomic E-state index is 0.00382. The van der Waals surface area contributed by atoms with E-state index >= 15 is 0 Å². The topological polar surface area (TPSA) is 49.3 Å². The Hall–Kier alpha value is -1.06. The fraction of sp³-hybridized carbons (Fsp3) is 0.562. The number of halogens is 1. The minimum atomic E-state index is -0.403. The van der Waals surface area contributed by atoms with Crippen molar-refractivity contribution in [2.45, 2.75) is 51.2 Å². The Morgan fingerprint density at radius 2 is 2.10 bits per heavy atom. The SMILES string of the molecule is CC(Cc1ccccc1Cl)C(=O)NC1CCCCC1O. The Kier molecular flexibility index (Phi) is 5.44. The van der Waals surface area contributed by atoms with Crippen LogP contribution in [0.2, 0.25) is 5.02 Å². The Labute approximate surface area is 125 Å². The summed E-state index contributed by atoms with van der Waals surface area (Å²) < 4.78 is 0. The van der Waals surface area contributed by atoms with Gasteiger partial charge in [-0.3, -0.25) is 4.79 Å². The molecule has 0 heterocycles. The molecule has 2 N–H and O–H groups in total. The number of amides is 1. The fourth-order valence-corrected chi connectivity index (χ4v) is 2.90. The number of carbonyl (C=O) groups excluding carboxylic acids is 1. The molecule has 1 saturated carbocycles. The van der Waals surface area contributed by atoms with Crippen molar-refractivity contribution in [2.75, 3.05) is 0 Å². The molecule has 3 nitrogen and oxygen atoms in total. The van der Waals surface area contributed by atoms with Crippen LogP contribution in [0.5, 0.6) is 0 Å². The van der Waals surface area contributed by atoms with Crippen LogP contribution in [-0.2, 0) is 11.2 Å². The molecular formula is C16H22ClNO2. The Balaban J connectivity index is 1.90. The molecular weight excluding hydrogens is 274 g/mol. The standard InChI is InChI=1S/C16H22ClNO2/c1-11(10-12-6-2-3-7-13(12)17)16(20)18-14-8-4-5-9-15(14)19/h2-3,6-7,11,14-15,19H,4-5,8-10H2,1H3,(H,18,20). The van der Waals surface area contributed by atoms with Crippen LogP contribution in [-0.4, -0.2) is 23.2 Å². The normalized spacial score (nSPS) is 24.1. The van der Waals surface area contributed by atoms with Gasteiger partial charge in [-0.05, 0) is 30.9 Å². The van der Waals surface area contributed by atoms with Crippen molar-refractivity contribution in [2.24, 2.45) is 5.92 Å². The van der Waals surface area contributed by atoms with Gasteiger partial charge in [0.15, 0.2) is 0 Å². The lowest BCUT2D eigenvalue weighted by Gasteiger charge is -2.29. The minimum Gasteiger partial charge on any atom is -0.391 e. The third-order valence-corrected chi connectivity index (χ3v) is 4.36. The molecule has 0 radical (unpaired) electrons. The van der Waals surface area contributed by atoms with E-state index < -0.39 is 6.10 Å². The van der Waals surface area contributed by atoms with Gasteiger partial charge in [-0.25, -0.2) is 0 Å².